The summed E-state index contributed by atoms with van der Waals surface area (Å²) in [6, 6.07) is 7.27. The molecule has 0 saturated carbocycles. The fourth-order valence-electron chi connectivity index (χ4n) is 3.16. The number of aliphatic hydroxyl groups excluding tert-OH is 1. The van der Waals surface area contributed by atoms with Gasteiger partial charge in [-0.2, -0.15) is 0 Å². The van der Waals surface area contributed by atoms with E-state index >= 15 is 0 Å². The Morgan fingerprint density at radius 3 is 2.46 bits per heavy atom. The van der Waals surface area contributed by atoms with Gasteiger partial charge in [-0.1, -0.05) is 6.07 Å². The molecule has 2 N–H and O–H groups in total. The third kappa shape index (κ3) is 3.75. The number of amides is 1. The van der Waals surface area contributed by atoms with Gasteiger partial charge in [0.05, 0.1) is 11.6 Å². The number of hydrogen-bond donors (Lipinski definition) is 2. The molecule has 1 aromatic heterocycles. The Balaban J connectivity index is 2.07. The van der Waals surface area contributed by atoms with E-state index in [1.54, 1.807) is 12.1 Å². The Labute approximate surface area is 159 Å². The number of benzene rings is 1. The van der Waals surface area contributed by atoms with Gasteiger partial charge in [0.15, 0.2) is 0 Å². The first-order valence-electron chi connectivity index (χ1n) is 8.56. The van der Waals surface area contributed by atoms with Crippen molar-refractivity contribution in [2.24, 2.45) is 0 Å². The lowest BCUT2D eigenvalue weighted by Crippen LogP contribution is -2.31. The number of pyridine rings is 1. The summed E-state index contributed by atoms with van der Waals surface area (Å²) in [6.45, 7) is 0.0244. The third-order valence-corrected chi connectivity index (χ3v) is 4.45. The van der Waals surface area contributed by atoms with Crippen molar-refractivity contribution >= 4 is 23.4 Å². The van der Waals surface area contributed by atoms with E-state index < -0.39 is 35.3 Å². The first kappa shape index (κ1) is 19.2. The van der Waals surface area contributed by atoms with Gasteiger partial charge in [0, 0.05) is 30.9 Å². The molecule has 1 aromatic carbocycles. The quantitative estimate of drug-likeness (QED) is 0.450. The number of carbonyl (C=O) groups excluding carboxylic acids is 2. The van der Waals surface area contributed by atoms with Crippen molar-refractivity contribution in [3.8, 4) is 0 Å². The van der Waals surface area contributed by atoms with Gasteiger partial charge < -0.3 is 15.1 Å². The number of rotatable bonds is 6. The Morgan fingerprint density at radius 2 is 1.86 bits per heavy atom. The molecular weight excluding hydrogens is 367 g/mol. The number of carbonyl (C=O) groups is 3. The van der Waals surface area contributed by atoms with E-state index in [2.05, 4.69) is 4.98 Å². The van der Waals surface area contributed by atoms with Gasteiger partial charge in [-0.05, 0) is 42.3 Å². The van der Waals surface area contributed by atoms with Crippen LogP contribution in [0, 0.1) is 5.82 Å². The van der Waals surface area contributed by atoms with Gasteiger partial charge in [0.1, 0.15) is 11.6 Å². The molecule has 3 rings (SSSR count). The topological polar surface area (TPSA) is 108 Å². The Hall–Kier alpha value is -3.55. The number of aromatic nitrogens is 1. The number of carboxylic acids is 1. The molecule has 1 aliphatic rings. The van der Waals surface area contributed by atoms with Crippen LogP contribution in [0.5, 0.6) is 0 Å². The summed E-state index contributed by atoms with van der Waals surface area (Å²) < 4.78 is 13.2. The molecular formula is C20H17FN2O5. The number of aliphatic carboxylic acids is 1. The van der Waals surface area contributed by atoms with Crippen molar-refractivity contribution < 1.29 is 29.0 Å². The number of aliphatic hydroxyl groups is 1. The van der Waals surface area contributed by atoms with Crippen LogP contribution >= 0.6 is 0 Å². The van der Waals surface area contributed by atoms with E-state index in [-0.39, 0.29) is 30.5 Å². The minimum Gasteiger partial charge on any atom is -0.507 e. The maximum atomic E-state index is 13.2. The third-order valence-electron chi connectivity index (χ3n) is 4.45. The number of nitrogens with zero attached hydrogens (tertiary/aromatic N) is 2. The monoisotopic (exact) mass is 384 g/mol. The summed E-state index contributed by atoms with van der Waals surface area (Å²) in [5.74, 6) is -3.66. The van der Waals surface area contributed by atoms with Crippen molar-refractivity contribution in [1.29, 1.82) is 0 Å². The van der Waals surface area contributed by atoms with Gasteiger partial charge in [0.2, 0.25) is 0 Å². The van der Waals surface area contributed by atoms with Crippen LogP contribution in [0.1, 0.15) is 30.0 Å². The molecule has 1 fully saturated rings. The van der Waals surface area contributed by atoms with Crippen molar-refractivity contribution in [2.75, 3.05) is 6.54 Å². The molecule has 0 bridgehead atoms. The standard InChI is InChI=1S/C20H17FN2O5/c21-14-7-5-12(6-8-14)18(26)16-17(13-3-1-9-22-11-13)23(20(28)19(16)27)10-2-4-15(24)25/h1,3,5-9,11,17,26H,2,4,10H2,(H,24,25). The van der Waals surface area contributed by atoms with Gasteiger partial charge in [0.25, 0.3) is 11.7 Å². The molecule has 1 amide bonds. The van der Waals surface area contributed by atoms with E-state index in [1.807, 2.05) is 0 Å². The summed E-state index contributed by atoms with van der Waals surface area (Å²) in [7, 11) is 0. The predicted molar refractivity (Wildman–Crippen MR) is 96.5 cm³/mol. The summed E-state index contributed by atoms with van der Waals surface area (Å²) in [5.41, 5.74) is 0.555. The average molecular weight is 384 g/mol. The summed E-state index contributed by atoms with van der Waals surface area (Å²) >= 11 is 0. The molecule has 1 atom stereocenters. The highest BCUT2D eigenvalue weighted by atomic mass is 19.1. The van der Waals surface area contributed by atoms with Crippen molar-refractivity contribution in [1.82, 2.24) is 9.88 Å². The molecule has 0 spiro atoms. The smallest absolute Gasteiger partial charge is 0.303 e. The highest BCUT2D eigenvalue weighted by Crippen LogP contribution is 2.39. The molecule has 2 aromatic rings. The number of likely N-dealkylation sites (tertiary alicyclic amines) is 1. The van der Waals surface area contributed by atoms with E-state index in [1.165, 1.54) is 29.4 Å². The van der Waals surface area contributed by atoms with E-state index in [0.29, 0.717) is 5.56 Å². The van der Waals surface area contributed by atoms with Crippen LogP contribution in [0.2, 0.25) is 0 Å². The first-order valence-corrected chi connectivity index (χ1v) is 8.56. The fourth-order valence-corrected chi connectivity index (χ4v) is 3.16. The lowest BCUT2D eigenvalue weighted by Gasteiger charge is -2.24. The van der Waals surface area contributed by atoms with Crippen LogP contribution in [0.15, 0.2) is 54.4 Å². The highest BCUT2D eigenvalue weighted by molar-refractivity contribution is 6.46. The van der Waals surface area contributed by atoms with Gasteiger partial charge >= 0.3 is 5.97 Å². The average Bonchev–Trinajstić information content (AvgIpc) is 2.93. The summed E-state index contributed by atoms with van der Waals surface area (Å²) in [6.07, 6.45) is 2.98. The molecule has 1 unspecified atom stereocenters. The molecule has 2 heterocycles. The normalized spacial score (nSPS) is 18.5. The zero-order valence-corrected chi connectivity index (χ0v) is 14.7. The van der Waals surface area contributed by atoms with Crippen LogP contribution in [0.4, 0.5) is 4.39 Å². The molecule has 144 valence electrons. The van der Waals surface area contributed by atoms with E-state index in [0.717, 1.165) is 12.1 Å². The van der Waals surface area contributed by atoms with Crippen LogP contribution in [0.25, 0.3) is 5.76 Å². The van der Waals surface area contributed by atoms with E-state index in [9.17, 15) is 23.9 Å². The van der Waals surface area contributed by atoms with Crippen molar-refractivity contribution in [2.45, 2.75) is 18.9 Å². The van der Waals surface area contributed by atoms with Crippen molar-refractivity contribution in [3.63, 3.8) is 0 Å². The molecule has 0 radical (unpaired) electrons. The van der Waals surface area contributed by atoms with Crippen LogP contribution in [0.3, 0.4) is 0 Å². The second kappa shape index (κ2) is 7.99. The number of carboxylic acid groups (broad SMARTS) is 1. The lowest BCUT2D eigenvalue weighted by molar-refractivity contribution is -0.140. The Bertz CT molecular complexity index is 941. The zero-order valence-electron chi connectivity index (χ0n) is 14.7. The van der Waals surface area contributed by atoms with Crippen molar-refractivity contribution in [3.05, 3.63) is 71.3 Å². The molecule has 0 aliphatic carbocycles. The second-order valence-corrected chi connectivity index (χ2v) is 6.28. The Kier molecular flexibility index (Phi) is 5.49. The number of halogens is 1. The van der Waals surface area contributed by atoms with Gasteiger partial charge in [-0.25, -0.2) is 4.39 Å². The Morgan fingerprint density at radius 1 is 1.14 bits per heavy atom. The lowest BCUT2D eigenvalue weighted by atomic mass is 9.96. The minimum absolute atomic E-state index is 0.0244. The minimum atomic E-state index is -1.01. The van der Waals surface area contributed by atoms with E-state index in [4.69, 9.17) is 5.11 Å². The number of Topliss-reactive ketones (excluding diaryl/α,β-unsaturated/α-hetero) is 1. The SMILES string of the molecule is O=C(O)CCCN1C(=O)C(=O)C(=C(O)c2ccc(F)cc2)C1c1cccnc1. The fraction of sp³-hybridized carbons (Fsp3) is 0.200. The number of hydrogen-bond acceptors (Lipinski definition) is 5. The predicted octanol–water partition coefficient (Wildman–Crippen LogP) is 2.51. The second-order valence-electron chi connectivity index (χ2n) is 6.28. The molecule has 7 nitrogen and oxygen atoms in total. The first-order chi connectivity index (χ1) is 13.4. The number of ketones is 1. The molecule has 28 heavy (non-hydrogen) atoms. The molecule has 1 aliphatic heterocycles. The highest BCUT2D eigenvalue weighted by Gasteiger charge is 2.45. The molecule has 8 heteroatoms. The largest absolute Gasteiger partial charge is 0.507 e. The zero-order chi connectivity index (χ0) is 20.3. The van der Waals surface area contributed by atoms with Crippen LogP contribution in [-0.4, -0.2) is 44.3 Å². The maximum absolute atomic E-state index is 13.2. The van der Waals surface area contributed by atoms with Crippen LogP contribution < -0.4 is 0 Å². The molecule has 1 saturated heterocycles. The van der Waals surface area contributed by atoms with Gasteiger partial charge in [-0.15, -0.1) is 0 Å². The van der Waals surface area contributed by atoms with Crippen LogP contribution in [-0.2, 0) is 14.4 Å². The summed E-state index contributed by atoms with van der Waals surface area (Å²) in [5, 5.41) is 19.5. The maximum Gasteiger partial charge on any atom is 0.303 e. The van der Waals surface area contributed by atoms with Gasteiger partial charge in [-0.3, -0.25) is 19.4 Å². The summed E-state index contributed by atoms with van der Waals surface area (Å²) in [4.78, 5) is 41.3.